The lowest BCUT2D eigenvalue weighted by Gasteiger charge is -2.43. The second-order valence-corrected chi connectivity index (χ2v) is 16.6. The van der Waals surface area contributed by atoms with Gasteiger partial charge in [-0.05, 0) is 89.5 Å². The summed E-state index contributed by atoms with van der Waals surface area (Å²) in [5.41, 5.74) is 2.01. The molecule has 9 rings (SSSR count). The van der Waals surface area contributed by atoms with Gasteiger partial charge in [-0.1, -0.05) is 69.2 Å². The molecule has 2 aliphatic heterocycles. The van der Waals surface area contributed by atoms with Gasteiger partial charge in [-0.2, -0.15) is 0 Å². The second-order valence-electron chi connectivity index (χ2n) is 13.0. The van der Waals surface area contributed by atoms with E-state index >= 15 is 0 Å². The Kier molecular flexibility index (Phi) is 7.53. The minimum atomic E-state index is -0.445. The molecule has 1 aromatic heterocycles. The summed E-state index contributed by atoms with van der Waals surface area (Å²) in [6, 6.07) is 26.3. The summed E-state index contributed by atoms with van der Waals surface area (Å²) in [5, 5.41) is 6.31. The Morgan fingerprint density at radius 3 is 2.49 bits per heavy atom. The number of thioether (sulfide) groups is 1. The van der Waals surface area contributed by atoms with Crippen LogP contribution in [0.5, 0.6) is 5.75 Å². The van der Waals surface area contributed by atoms with E-state index in [1.54, 1.807) is 36.0 Å². The van der Waals surface area contributed by atoms with Crippen molar-refractivity contribution in [1.29, 1.82) is 0 Å². The molecule has 3 heterocycles. The zero-order valence-corrected chi connectivity index (χ0v) is 29.6. The third kappa shape index (κ3) is 5.08. The van der Waals surface area contributed by atoms with Crippen LogP contribution in [0.25, 0.3) is 10.8 Å². The number of carbonyl (C=O) groups is 3. The van der Waals surface area contributed by atoms with E-state index in [4.69, 9.17) is 16.3 Å². The van der Waals surface area contributed by atoms with Gasteiger partial charge < -0.3 is 15.0 Å². The van der Waals surface area contributed by atoms with E-state index in [2.05, 4.69) is 26.2 Å². The van der Waals surface area contributed by atoms with Crippen LogP contribution in [-0.2, 0) is 14.4 Å². The molecule has 4 aromatic carbocycles. The highest BCUT2D eigenvalue weighted by Crippen LogP contribution is 2.69. The predicted octanol–water partition coefficient (Wildman–Crippen LogP) is 7.70. The van der Waals surface area contributed by atoms with E-state index in [0.717, 1.165) is 48.5 Å². The molecular weight excluding hydrogens is 746 g/mol. The number of thiazole rings is 1. The van der Waals surface area contributed by atoms with Crippen molar-refractivity contribution in [3.8, 4) is 5.75 Å². The fourth-order valence-corrected chi connectivity index (χ4v) is 12.0. The lowest BCUT2D eigenvalue weighted by molar-refractivity contribution is -0.123. The zero-order chi connectivity index (χ0) is 33.6. The number of rotatable bonds is 6. The number of hydrogen-bond donors (Lipinski definition) is 2. The average molecular weight is 773 g/mol. The fourth-order valence-electron chi connectivity index (χ4n) is 8.71. The van der Waals surface area contributed by atoms with Crippen LogP contribution in [0.4, 0.5) is 11.4 Å². The van der Waals surface area contributed by atoms with Crippen molar-refractivity contribution in [1.82, 2.24) is 4.98 Å². The van der Waals surface area contributed by atoms with E-state index in [-0.39, 0.29) is 58.1 Å². The van der Waals surface area contributed by atoms with Crippen LogP contribution in [-0.4, -0.2) is 34.6 Å². The SMILES string of the molecule is O=C(COc1ccc(Cl)cc1[C@H]1c2sc(=O)[nH]c2SC2C3CC(C4C(=O)N(c5ccc(Br)cc5)C(=O)C34)C21)Nc1ccc2ccccc2c1. The standard InChI is InChI=1S/C37H27BrClN3O5S2/c38-19-6-10-22(11-7-19)42-35(44)30-24-15-25(31(30)36(42)45)32-29(24)28(33-34(48-32)41-37(46)49-33)23-14-20(39)8-12-26(23)47-16-27(43)40-21-9-5-17-3-1-2-4-18(17)13-21/h1-14,24-25,28-32H,15-16H2,(H,40,43)(H,41,46)/t24?,25?,28-,29?,30?,31?,32?/m1/s1. The number of anilines is 2. The monoisotopic (exact) mass is 771 g/mol. The van der Waals surface area contributed by atoms with E-state index in [1.165, 1.54) is 4.90 Å². The quantitative estimate of drug-likeness (QED) is 0.171. The molecule has 1 saturated heterocycles. The van der Waals surface area contributed by atoms with E-state index in [1.807, 2.05) is 60.7 Å². The number of ether oxygens (including phenoxy) is 1. The zero-order valence-electron chi connectivity index (χ0n) is 25.6. The topological polar surface area (TPSA) is 109 Å². The van der Waals surface area contributed by atoms with Crippen molar-refractivity contribution in [3.05, 3.63) is 115 Å². The number of imide groups is 1. The van der Waals surface area contributed by atoms with Gasteiger partial charge in [0.25, 0.3) is 5.91 Å². The maximum absolute atomic E-state index is 14.1. The van der Waals surface area contributed by atoms with Crippen LogP contribution in [0.3, 0.4) is 0 Å². The highest BCUT2D eigenvalue weighted by molar-refractivity contribution is 9.10. The highest BCUT2D eigenvalue weighted by atomic mass is 79.9. The van der Waals surface area contributed by atoms with Crippen LogP contribution >= 0.6 is 50.6 Å². The Labute approximate surface area is 302 Å². The van der Waals surface area contributed by atoms with Crippen molar-refractivity contribution in [2.45, 2.75) is 22.6 Å². The first-order chi connectivity index (χ1) is 23.7. The minimum absolute atomic E-state index is 0.00125. The fraction of sp³-hybridized carbons (Fsp3) is 0.243. The molecule has 12 heteroatoms. The largest absolute Gasteiger partial charge is 0.483 e. The minimum Gasteiger partial charge on any atom is -0.483 e. The molecule has 0 spiro atoms. The summed E-state index contributed by atoms with van der Waals surface area (Å²) in [5.74, 6) is -1.46. The molecule has 7 atom stereocenters. The lowest BCUT2D eigenvalue weighted by atomic mass is 9.68. The molecule has 8 nitrogen and oxygen atoms in total. The number of benzene rings is 4. The molecule has 3 fully saturated rings. The Morgan fingerprint density at radius 1 is 0.939 bits per heavy atom. The summed E-state index contributed by atoms with van der Waals surface area (Å²) in [6.45, 7) is -0.237. The van der Waals surface area contributed by atoms with Crippen molar-refractivity contribution >= 4 is 90.5 Å². The molecule has 2 aliphatic carbocycles. The summed E-state index contributed by atoms with van der Waals surface area (Å²) in [7, 11) is 0. The molecule has 4 aliphatic rings. The highest BCUT2D eigenvalue weighted by Gasteiger charge is 2.69. The van der Waals surface area contributed by atoms with Crippen LogP contribution in [0.2, 0.25) is 5.02 Å². The average Bonchev–Trinajstić information content (AvgIpc) is 3.83. The molecule has 0 radical (unpaired) electrons. The number of H-pyrrole nitrogens is 1. The van der Waals surface area contributed by atoms with Gasteiger partial charge >= 0.3 is 4.87 Å². The van der Waals surface area contributed by atoms with Crippen LogP contribution in [0.1, 0.15) is 22.8 Å². The van der Waals surface area contributed by atoms with E-state index in [0.29, 0.717) is 22.1 Å². The van der Waals surface area contributed by atoms with Gasteiger partial charge in [0.15, 0.2) is 6.61 Å². The summed E-state index contributed by atoms with van der Waals surface area (Å²) < 4.78 is 7.10. The van der Waals surface area contributed by atoms with E-state index in [9.17, 15) is 19.2 Å². The van der Waals surface area contributed by atoms with Crippen LogP contribution < -0.4 is 19.8 Å². The number of aromatic amines is 1. The molecule has 2 saturated carbocycles. The van der Waals surface area contributed by atoms with Crippen molar-refractivity contribution in [3.63, 3.8) is 0 Å². The summed E-state index contributed by atoms with van der Waals surface area (Å²) in [4.78, 5) is 59.1. The molecule has 2 N–H and O–H groups in total. The summed E-state index contributed by atoms with van der Waals surface area (Å²) >= 11 is 12.8. The molecule has 49 heavy (non-hydrogen) atoms. The maximum atomic E-state index is 14.1. The van der Waals surface area contributed by atoms with Gasteiger partial charge in [-0.15, -0.1) is 11.8 Å². The van der Waals surface area contributed by atoms with Crippen molar-refractivity contribution < 1.29 is 19.1 Å². The van der Waals surface area contributed by atoms with Gasteiger partial charge in [-0.3, -0.25) is 24.1 Å². The number of amides is 3. The maximum Gasteiger partial charge on any atom is 0.305 e. The normalized spacial score (nSPS) is 26.5. The number of carbonyl (C=O) groups excluding carboxylic acids is 3. The first kappa shape index (κ1) is 31.1. The predicted molar refractivity (Wildman–Crippen MR) is 195 cm³/mol. The third-order valence-corrected chi connectivity index (χ3v) is 13.9. The number of nitrogens with one attached hydrogen (secondary N) is 2. The Morgan fingerprint density at radius 2 is 1.69 bits per heavy atom. The third-order valence-electron chi connectivity index (χ3n) is 10.5. The van der Waals surface area contributed by atoms with Crippen molar-refractivity contribution in [2.75, 3.05) is 16.8 Å². The first-order valence-corrected chi connectivity index (χ1v) is 18.9. The second kappa shape index (κ2) is 11.9. The Balaban J connectivity index is 1.04. The number of nitrogens with zero attached hydrogens (tertiary/aromatic N) is 1. The van der Waals surface area contributed by atoms with Gasteiger partial charge in [0, 0.05) is 36.8 Å². The van der Waals surface area contributed by atoms with Crippen LogP contribution in [0, 0.1) is 29.6 Å². The first-order valence-electron chi connectivity index (χ1n) is 16.0. The lowest BCUT2D eigenvalue weighted by Crippen LogP contribution is -2.42. The van der Waals surface area contributed by atoms with Gasteiger partial charge in [-0.25, -0.2) is 0 Å². The van der Waals surface area contributed by atoms with Gasteiger partial charge in [0.2, 0.25) is 11.8 Å². The van der Waals surface area contributed by atoms with Gasteiger partial charge in [0.05, 0.1) is 22.5 Å². The van der Waals surface area contributed by atoms with Crippen LogP contribution in [0.15, 0.2) is 99.2 Å². The summed E-state index contributed by atoms with van der Waals surface area (Å²) in [6.07, 6.45) is 0.754. The Hall–Kier alpha value is -3.90. The molecule has 5 aromatic rings. The Bertz CT molecular complexity index is 2260. The number of hydrogen-bond acceptors (Lipinski definition) is 7. The van der Waals surface area contributed by atoms with E-state index < -0.39 is 11.8 Å². The molecule has 3 amide bonds. The number of fused-ring (bicyclic) bond motifs is 10. The molecule has 6 unspecified atom stereocenters. The molecular formula is C37H27BrClN3O5S2. The molecule has 2 bridgehead atoms. The smallest absolute Gasteiger partial charge is 0.305 e. The number of halogens is 2. The van der Waals surface area contributed by atoms with Gasteiger partial charge in [0.1, 0.15) is 5.75 Å². The molecule has 246 valence electrons. The number of aromatic nitrogens is 1. The van der Waals surface area contributed by atoms with Crippen molar-refractivity contribution in [2.24, 2.45) is 29.6 Å².